The van der Waals surface area contributed by atoms with E-state index in [0.717, 1.165) is 24.0 Å². The van der Waals surface area contributed by atoms with Gasteiger partial charge in [0, 0.05) is 12.1 Å². The van der Waals surface area contributed by atoms with Crippen LogP contribution >= 0.6 is 0 Å². The molecular weight excluding hydrogens is 370 g/mol. The van der Waals surface area contributed by atoms with E-state index in [-0.39, 0.29) is 18.3 Å². The number of fused-ring (bicyclic) bond motifs is 1. The van der Waals surface area contributed by atoms with Crippen molar-refractivity contribution in [3.05, 3.63) is 59.2 Å². The highest BCUT2D eigenvalue weighted by atomic mass is 16.5. The Kier molecular flexibility index (Phi) is 6.75. The molecule has 2 aromatic carbocycles. The second-order valence-corrected chi connectivity index (χ2v) is 7.00. The van der Waals surface area contributed by atoms with E-state index in [0.29, 0.717) is 30.2 Å². The Morgan fingerprint density at radius 1 is 1.14 bits per heavy atom. The highest BCUT2D eigenvalue weighted by molar-refractivity contribution is 5.98. The molecule has 0 fully saturated rings. The van der Waals surface area contributed by atoms with E-state index in [9.17, 15) is 9.59 Å². The molecule has 154 valence electrons. The zero-order valence-electron chi connectivity index (χ0n) is 17.1. The number of nitrogens with zero attached hydrogens (tertiary/aromatic N) is 1. The van der Waals surface area contributed by atoms with Gasteiger partial charge in [0.15, 0.2) is 11.5 Å². The van der Waals surface area contributed by atoms with Crippen LogP contribution in [0.5, 0.6) is 11.5 Å². The molecule has 29 heavy (non-hydrogen) atoms. The van der Waals surface area contributed by atoms with Gasteiger partial charge in [-0.15, -0.1) is 0 Å². The highest BCUT2D eigenvalue weighted by Gasteiger charge is 2.35. The van der Waals surface area contributed by atoms with E-state index < -0.39 is 6.04 Å². The third kappa shape index (κ3) is 4.53. The molecule has 0 bridgehead atoms. The van der Waals surface area contributed by atoms with Gasteiger partial charge in [0.2, 0.25) is 0 Å². The number of hydrogen-bond donors (Lipinski definition) is 0. The topological polar surface area (TPSA) is 65.1 Å². The molecule has 6 nitrogen and oxygen atoms in total. The maximum Gasteiger partial charge on any atom is 0.307 e. The smallest absolute Gasteiger partial charge is 0.307 e. The van der Waals surface area contributed by atoms with Crippen molar-refractivity contribution in [3.63, 3.8) is 0 Å². The number of benzene rings is 2. The Hall–Kier alpha value is -3.02. The van der Waals surface area contributed by atoms with E-state index in [4.69, 9.17) is 14.2 Å². The van der Waals surface area contributed by atoms with Crippen LogP contribution in [0.15, 0.2) is 42.5 Å². The quantitative estimate of drug-likeness (QED) is 0.470. The fraction of sp³-hybridized carbons (Fsp3) is 0.391. The van der Waals surface area contributed by atoms with E-state index in [1.807, 2.05) is 42.5 Å². The molecule has 0 saturated carbocycles. The normalized spacial score (nSPS) is 13.8. The van der Waals surface area contributed by atoms with Crippen LogP contribution in [0.25, 0.3) is 0 Å². The van der Waals surface area contributed by atoms with Crippen LogP contribution in [0.1, 0.15) is 53.7 Å². The first-order valence-electron chi connectivity index (χ1n) is 9.85. The van der Waals surface area contributed by atoms with Gasteiger partial charge in [-0.25, -0.2) is 0 Å². The summed E-state index contributed by atoms with van der Waals surface area (Å²) in [6.07, 6.45) is 2.02. The van der Waals surface area contributed by atoms with Crippen LogP contribution in [0.2, 0.25) is 0 Å². The number of amides is 1. The predicted octanol–water partition coefficient (Wildman–Crippen LogP) is 4.13. The number of methoxy groups -OCH3 is 2. The summed E-state index contributed by atoms with van der Waals surface area (Å²) in [6, 6.07) is 12.6. The molecule has 1 unspecified atom stereocenters. The Morgan fingerprint density at radius 2 is 1.93 bits per heavy atom. The lowest BCUT2D eigenvalue weighted by Crippen LogP contribution is -2.31. The molecule has 0 radical (unpaired) electrons. The number of carbonyl (C=O) groups is 2. The van der Waals surface area contributed by atoms with Crippen molar-refractivity contribution in [2.75, 3.05) is 20.8 Å². The van der Waals surface area contributed by atoms with Crippen LogP contribution < -0.4 is 9.47 Å². The van der Waals surface area contributed by atoms with Crippen molar-refractivity contribution < 1.29 is 23.8 Å². The van der Waals surface area contributed by atoms with Crippen LogP contribution in [0, 0.1) is 0 Å². The van der Waals surface area contributed by atoms with Crippen LogP contribution in [0.4, 0.5) is 0 Å². The molecule has 2 aromatic rings. The summed E-state index contributed by atoms with van der Waals surface area (Å²) in [6.45, 7) is 3.13. The fourth-order valence-corrected chi connectivity index (χ4v) is 3.52. The second kappa shape index (κ2) is 9.45. The van der Waals surface area contributed by atoms with Gasteiger partial charge in [0.25, 0.3) is 5.91 Å². The number of rotatable bonds is 9. The largest absolute Gasteiger partial charge is 0.493 e. The maximum atomic E-state index is 13.0. The third-order valence-electron chi connectivity index (χ3n) is 5.14. The lowest BCUT2D eigenvalue weighted by molar-refractivity contribution is -0.141. The minimum atomic E-state index is -0.457. The molecule has 6 heteroatoms. The van der Waals surface area contributed by atoms with Crippen molar-refractivity contribution in [2.45, 2.75) is 38.8 Å². The first kappa shape index (κ1) is 20.7. The zero-order chi connectivity index (χ0) is 20.8. The summed E-state index contributed by atoms with van der Waals surface area (Å²) in [7, 11) is 2.95. The van der Waals surface area contributed by atoms with Crippen LogP contribution in [0.3, 0.4) is 0 Å². The SMILES string of the molecule is CCCCOc1cc(C(CC(=O)OC)N2Cc3ccccc3C2=O)ccc1OC. The van der Waals surface area contributed by atoms with Gasteiger partial charge in [-0.1, -0.05) is 37.6 Å². The zero-order valence-corrected chi connectivity index (χ0v) is 17.1. The molecule has 0 saturated heterocycles. The van der Waals surface area contributed by atoms with Gasteiger partial charge in [-0.05, 0) is 35.7 Å². The summed E-state index contributed by atoms with van der Waals surface area (Å²) in [5.41, 5.74) is 2.44. The molecule has 0 spiro atoms. The fourth-order valence-electron chi connectivity index (χ4n) is 3.52. The number of hydrogen-bond acceptors (Lipinski definition) is 5. The number of esters is 1. The van der Waals surface area contributed by atoms with Gasteiger partial charge < -0.3 is 19.1 Å². The van der Waals surface area contributed by atoms with Gasteiger partial charge in [0.1, 0.15) is 0 Å². The summed E-state index contributed by atoms with van der Waals surface area (Å²) in [4.78, 5) is 26.9. The van der Waals surface area contributed by atoms with E-state index in [1.54, 1.807) is 12.0 Å². The van der Waals surface area contributed by atoms with Crippen molar-refractivity contribution in [1.29, 1.82) is 0 Å². The maximum absolute atomic E-state index is 13.0. The summed E-state index contributed by atoms with van der Waals surface area (Å²) in [5, 5.41) is 0. The Labute approximate surface area is 171 Å². The molecule has 1 atom stereocenters. The minimum absolute atomic E-state index is 0.0664. The third-order valence-corrected chi connectivity index (χ3v) is 5.14. The minimum Gasteiger partial charge on any atom is -0.493 e. The average molecular weight is 397 g/mol. The molecule has 1 aliphatic heterocycles. The summed E-state index contributed by atoms with van der Waals surface area (Å²) >= 11 is 0. The first-order chi connectivity index (χ1) is 14.1. The molecule has 0 N–H and O–H groups in total. The standard InChI is InChI=1S/C23H27NO5/c1-4-5-12-29-21-13-16(10-11-20(21)27-2)19(14-22(25)28-3)24-15-17-8-6-7-9-18(17)23(24)26/h6-11,13,19H,4-5,12,14-15H2,1-3H3. The molecule has 3 rings (SSSR count). The molecule has 1 aliphatic rings. The lowest BCUT2D eigenvalue weighted by atomic mass is 10.0. The van der Waals surface area contributed by atoms with Gasteiger partial charge >= 0.3 is 5.97 Å². The number of ether oxygens (including phenoxy) is 3. The average Bonchev–Trinajstić information content (AvgIpc) is 3.08. The van der Waals surface area contributed by atoms with Crippen molar-refractivity contribution >= 4 is 11.9 Å². The predicted molar refractivity (Wildman–Crippen MR) is 109 cm³/mol. The number of unbranched alkanes of at least 4 members (excludes halogenated alkanes) is 1. The number of carbonyl (C=O) groups excluding carboxylic acids is 2. The molecule has 0 aliphatic carbocycles. The van der Waals surface area contributed by atoms with Gasteiger partial charge in [-0.3, -0.25) is 9.59 Å². The Bertz CT molecular complexity index is 879. The van der Waals surface area contributed by atoms with Crippen molar-refractivity contribution in [1.82, 2.24) is 4.90 Å². The second-order valence-electron chi connectivity index (χ2n) is 7.00. The molecule has 1 heterocycles. The van der Waals surface area contributed by atoms with Crippen LogP contribution in [-0.2, 0) is 16.1 Å². The monoisotopic (exact) mass is 397 g/mol. The Morgan fingerprint density at radius 3 is 2.62 bits per heavy atom. The highest BCUT2D eigenvalue weighted by Crippen LogP contribution is 2.37. The summed E-state index contributed by atoms with van der Waals surface area (Å²) in [5.74, 6) is 0.775. The van der Waals surface area contributed by atoms with Gasteiger partial charge in [-0.2, -0.15) is 0 Å². The lowest BCUT2D eigenvalue weighted by Gasteiger charge is -2.28. The molecule has 1 amide bonds. The first-order valence-corrected chi connectivity index (χ1v) is 9.85. The van der Waals surface area contributed by atoms with Crippen molar-refractivity contribution in [2.24, 2.45) is 0 Å². The van der Waals surface area contributed by atoms with Crippen molar-refractivity contribution in [3.8, 4) is 11.5 Å². The van der Waals surface area contributed by atoms with Crippen LogP contribution in [-0.4, -0.2) is 37.6 Å². The van der Waals surface area contributed by atoms with E-state index in [2.05, 4.69) is 6.92 Å². The van der Waals surface area contributed by atoms with E-state index in [1.165, 1.54) is 7.11 Å². The Balaban J connectivity index is 1.94. The van der Waals surface area contributed by atoms with E-state index >= 15 is 0 Å². The molecular formula is C23H27NO5. The molecule has 0 aromatic heterocycles. The summed E-state index contributed by atoms with van der Waals surface area (Å²) < 4.78 is 16.2. The van der Waals surface area contributed by atoms with Gasteiger partial charge in [0.05, 0.1) is 33.3 Å².